The van der Waals surface area contributed by atoms with Gasteiger partial charge in [-0.2, -0.15) is 4.98 Å². The smallest absolute Gasteiger partial charge is 0.262 e. The van der Waals surface area contributed by atoms with Gasteiger partial charge in [0.2, 0.25) is 11.7 Å². The Hall–Kier alpha value is -1.52. The van der Waals surface area contributed by atoms with Gasteiger partial charge in [-0.3, -0.25) is 0 Å². The second kappa shape index (κ2) is 15.3. The van der Waals surface area contributed by atoms with Gasteiger partial charge < -0.3 is 14.7 Å². The summed E-state index contributed by atoms with van der Waals surface area (Å²) in [7, 11) is 0. The van der Waals surface area contributed by atoms with Crippen LogP contribution in [0.15, 0.2) is 0 Å². The first kappa shape index (κ1) is 24.7. The van der Waals surface area contributed by atoms with E-state index in [0.717, 1.165) is 31.6 Å². The number of rotatable bonds is 18. The average molecular weight is 420 g/mol. The average Bonchev–Trinajstić information content (AvgIpc) is 2.70. The Labute approximate surface area is 184 Å². The molecule has 1 saturated heterocycles. The van der Waals surface area contributed by atoms with Gasteiger partial charge >= 0.3 is 0 Å². The minimum absolute atomic E-state index is 0.135. The van der Waals surface area contributed by atoms with Gasteiger partial charge in [-0.15, -0.1) is 0 Å². The molecule has 0 atom stereocenters. The van der Waals surface area contributed by atoms with E-state index in [1.54, 1.807) is 0 Å². The predicted molar refractivity (Wildman–Crippen MR) is 126 cm³/mol. The summed E-state index contributed by atoms with van der Waals surface area (Å²) < 4.78 is 5.53. The Morgan fingerprint density at radius 2 is 1.30 bits per heavy atom. The number of aromatic hydroxyl groups is 1. The monoisotopic (exact) mass is 419 g/mol. The van der Waals surface area contributed by atoms with E-state index >= 15 is 0 Å². The van der Waals surface area contributed by atoms with E-state index in [4.69, 9.17) is 4.74 Å². The summed E-state index contributed by atoms with van der Waals surface area (Å²) in [5.41, 5.74) is 0.745. The molecule has 1 aliphatic rings. The van der Waals surface area contributed by atoms with Gasteiger partial charge in [0.1, 0.15) is 0 Å². The first-order valence-corrected chi connectivity index (χ1v) is 12.7. The molecule has 1 fully saturated rings. The van der Waals surface area contributed by atoms with Gasteiger partial charge in [-0.1, -0.05) is 90.4 Å². The molecule has 1 aromatic heterocycles. The summed E-state index contributed by atoms with van der Waals surface area (Å²) in [6.07, 6.45) is 20.9. The van der Waals surface area contributed by atoms with Crippen molar-refractivity contribution >= 4 is 5.95 Å². The molecule has 5 heteroatoms. The largest absolute Gasteiger partial charge is 0.502 e. The summed E-state index contributed by atoms with van der Waals surface area (Å²) in [5.74, 6) is 1.19. The lowest BCUT2D eigenvalue weighted by molar-refractivity contribution is 0.301. The van der Waals surface area contributed by atoms with E-state index in [9.17, 15) is 5.11 Å². The van der Waals surface area contributed by atoms with Gasteiger partial charge in [0, 0.05) is 13.1 Å². The summed E-state index contributed by atoms with van der Waals surface area (Å²) in [5, 5.41) is 10.5. The minimum atomic E-state index is 0.135. The number of aromatic nitrogens is 2. The maximum atomic E-state index is 10.5. The lowest BCUT2D eigenvalue weighted by atomic mass is 10.0. The summed E-state index contributed by atoms with van der Waals surface area (Å²) in [6.45, 7) is 6.69. The van der Waals surface area contributed by atoms with Gasteiger partial charge in [0.25, 0.3) is 5.88 Å². The maximum Gasteiger partial charge on any atom is 0.262 e. The SMILES string of the molecule is CCCCCCCCCCCCCCCCc1nc(N2CCC2)nc(OCC)c1O. The molecule has 0 aromatic carbocycles. The highest BCUT2D eigenvalue weighted by Crippen LogP contribution is 2.31. The van der Waals surface area contributed by atoms with Crippen LogP contribution in [-0.4, -0.2) is 34.8 Å². The number of nitrogens with zero attached hydrogens (tertiary/aromatic N) is 3. The first-order chi connectivity index (χ1) is 14.8. The van der Waals surface area contributed by atoms with Crippen molar-refractivity contribution in [2.24, 2.45) is 0 Å². The molecule has 172 valence electrons. The highest BCUT2D eigenvalue weighted by molar-refractivity contribution is 5.45. The van der Waals surface area contributed by atoms with Crippen molar-refractivity contribution in [2.45, 2.75) is 117 Å². The fourth-order valence-corrected chi connectivity index (χ4v) is 4.02. The zero-order valence-electron chi connectivity index (χ0n) is 19.6. The Morgan fingerprint density at radius 1 is 0.767 bits per heavy atom. The lowest BCUT2D eigenvalue weighted by Crippen LogP contribution is -2.38. The molecule has 0 amide bonds. The van der Waals surface area contributed by atoms with Crippen molar-refractivity contribution < 1.29 is 9.84 Å². The topological polar surface area (TPSA) is 58.5 Å². The second-order valence-electron chi connectivity index (χ2n) is 8.74. The molecule has 0 saturated carbocycles. The van der Waals surface area contributed by atoms with Gasteiger partial charge in [-0.25, -0.2) is 4.98 Å². The van der Waals surface area contributed by atoms with Crippen LogP contribution in [0.5, 0.6) is 11.6 Å². The summed E-state index contributed by atoms with van der Waals surface area (Å²) in [6, 6.07) is 0. The number of hydrogen-bond acceptors (Lipinski definition) is 5. The number of unbranched alkanes of at least 4 members (excludes halogenated alkanes) is 13. The lowest BCUT2D eigenvalue weighted by Gasteiger charge is -2.31. The van der Waals surface area contributed by atoms with Gasteiger partial charge in [0.15, 0.2) is 0 Å². The predicted octanol–water partition coefficient (Wildman–Crippen LogP) is 6.81. The Kier molecular flexibility index (Phi) is 12.6. The molecule has 1 aliphatic heterocycles. The molecule has 0 unspecified atom stereocenters. The van der Waals surface area contributed by atoms with Crippen molar-refractivity contribution in [3.8, 4) is 11.6 Å². The minimum Gasteiger partial charge on any atom is -0.502 e. The van der Waals surface area contributed by atoms with E-state index in [0.29, 0.717) is 18.4 Å². The Balaban J connectivity index is 1.54. The molecule has 30 heavy (non-hydrogen) atoms. The van der Waals surface area contributed by atoms with Crippen molar-refractivity contribution in [1.82, 2.24) is 9.97 Å². The van der Waals surface area contributed by atoms with Crippen molar-refractivity contribution in [3.05, 3.63) is 5.69 Å². The third-order valence-electron chi connectivity index (χ3n) is 6.10. The third kappa shape index (κ3) is 9.09. The highest BCUT2D eigenvalue weighted by Gasteiger charge is 2.22. The summed E-state index contributed by atoms with van der Waals surface area (Å²) >= 11 is 0. The maximum absolute atomic E-state index is 10.5. The third-order valence-corrected chi connectivity index (χ3v) is 6.10. The van der Waals surface area contributed by atoms with Crippen LogP contribution in [0.4, 0.5) is 5.95 Å². The molecule has 0 spiro atoms. The van der Waals surface area contributed by atoms with Crippen molar-refractivity contribution in [2.75, 3.05) is 24.6 Å². The molecular weight excluding hydrogens is 374 g/mol. The van der Waals surface area contributed by atoms with E-state index in [1.165, 1.54) is 89.9 Å². The Bertz CT molecular complexity index is 576. The molecule has 1 N–H and O–H groups in total. The zero-order chi connectivity index (χ0) is 21.4. The van der Waals surface area contributed by atoms with Crippen LogP contribution >= 0.6 is 0 Å². The van der Waals surface area contributed by atoms with E-state index < -0.39 is 0 Å². The normalized spacial score (nSPS) is 13.5. The molecule has 0 bridgehead atoms. The van der Waals surface area contributed by atoms with Crippen LogP contribution in [0.25, 0.3) is 0 Å². The van der Waals surface area contributed by atoms with Crippen LogP contribution < -0.4 is 9.64 Å². The number of anilines is 1. The number of hydrogen-bond donors (Lipinski definition) is 1. The first-order valence-electron chi connectivity index (χ1n) is 12.7. The van der Waals surface area contributed by atoms with E-state index in [2.05, 4.69) is 21.8 Å². The number of ether oxygens (including phenoxy) is 1. The van der Waals surface area contributed by atoms with Crippen LogP contribution in [0.3, 0.4) is 0 Å². The van der Waals surface area contributed by atoms with Crippen molar-refractivity contribution in [3.63, 3.8) is 0 Å². The van der Waals surface area contributed by atoms with Crippen LogP contribution in [0, 0.1) is 0 Å². The summed E-state index contributed by atoms with van der Waals surface area (Å²) in [4.78, 5) is 11.2. The molecular formula is C25H45N3O2. The highest BCUT2D eigenvalue weighted by atomic mass is 16.5. The zero-order valence-corrected chi connectivity index (χ0v) is 19.6. The Morgan fingerprint density at radius 3 is 1.77 bits per heavy atom. The molecule has 0 aliphatic carbocycles. The number of aryl methyl sites for hydroxylation is 1. The van der Waals surface area contributed by atoms with E-state index in [-0.39, 0.29) is 5.75 Å². The van der Waals surface area contributed by atoms with Gasteiger partial charge in [-0.05, 0) is 26.2 Å². The van der Waals surface area contributed by atoms with Gasteiger partial charge in [0.05, 0.1) is 12.3 Å². The molecule has 1 aromatic rings. The van der Waals surface area contributed by atoms with E-state index in [1.807, 2.05) is 6.92 Å². The van der Waals surface area contributed by atoms with Crippen LogP contribution in [0.1, 0.15) is 116 Å². The fraction of sp³-hybridized carbons (Fsp3) is 0.840. The molecule has 2 rings (SSSR count). The molecule has 0 radical (unpaired) electrons. The van der Waals surface area contributed by atoms with Crippen LogP contribution in [-0.2, 0) is 6.42 Å². The standard InChI is InChI=1S/C25H45N3O2/c1-3-5-6-7-8-9-10-11-12-13-14-15-16-17-19-22-23(29)24(30-4-2)27-25(26-22)28-20-18-21-28/h29H,3-21H2,1-2H3. The quantitative estimate of drug-likeness (QED) is 0.265. The molecule has 2 heterocycles. The van der Waals surface area contributed by atoms with Crippen LogP contribution in [0.2, 0.25) is 0 Å². The second-order valence-corrected chi connectivity index (χ2v) is 8.74. The fourth-order valence-electron chi connectivity index (χ4n) is 4.02. The molecule has 5 nitrogen and oxygen atoms in total. The van der Waals surface area contributed by atoms with Crippen molar-refractivity contribution in [1.29, 1.82) is 0 Å².